The lowest BCUT2D eigenvalue weighted by molar-refractivity contribution is -0.0278. The van der Waals surface area contributed by atoms with E-state index in [1.165, 1.54) is 0 Å². The predicted octanol–water partition coefficient (Wildman–Crippen LogP) is -0.307. The minimum Gasteiger partial charge on any atom is -0.386 e. The Morgan fingerprint density at radius 1 is 1.41 bits per heavy atom. The fourth-order valence-electron chi connectivity index (χ4n) is 2.42. The second-order valence-electron chi connectivity index (χ2n) is 5.17. The lowest BCUT2D eigenvalue weighted by Crippen LogP contribution is -2.50. The van der Waals surface area contributed by atoms with Crippen LogP contribution in [0.25, 0.3) is 0 Å². The van der Waals surface area contributed by atoms with Gasteiger partial charge in [0.1, 0.15) is 15.4 Å². The van der Waals surface area contributed by atoms with Crippen LogP contribution in [0, 0.1) is 0 Å². The molecule has 0 aromatic carbocycles. The molecule has 6 heteroatoms. The van der Waals surface area contributed by atoms with Gasteiger partial charge in [0.25, 0.3) is 0 Å². The molecule has 17 heavy (non-hydrogen) atoms. The topological polar surface area (TPSA) is 75.6 Å². The highest BCUT2D eigenvalue weighted by Gasteiger charge is 2.39. The molecule has 0 bridgehead atoms. The predicted molar refractivity (Wildman–Crippen MR) is 64.7 cm³/mol. The summed E-state index contributed by atoms with van der Waals surface area (Å²) in [6.45, 7) is 2.96. The van der Waals surface area contributed by atoms with Gasteiger partial charge in [0.15, 0.2) is 0 Å². The average Bonchev–Trinajstić information content (AvgIpc) is 2.58. The van der Waals surface area contributed by atoms with E-state index in [-0.39, 0.29) is 23.7 Å². The largest absolute Gasteiger partial charge is 0.386 e. The molecule has 2 fully saturated rings. The molecule has 2 heterocycles. The summed E-state index contributed by atoms with van der Waals surface area (Å²) in [5.74, 6) is 0.518. The third-order valence-electron chi connectivity index (χ3n) is 3.91. The summed E-state index contributed by atoms with van der Waals surface area (Å²) in [6.07, 6.45) is 1.79. The first kappa shape index (κ1) is 13.3. The number of nitrogens with one attached hydrogen (secondary N) is 1. The Labute approximate surface area is 102 Å². The van der Waals surface area contributed by atoms with Crippen LogP contribution in [0.2, 0.25) is 0 Å². The number of aliphatic hydroxyl groups is 1. The van der Waals surface area contributed by atoms with Gasteiger partial charge in [-0.15, -0.1) is 0 Å². The van der Waals surface area contributed by atoms with Crippen LogP contribution < -0.4 is 5.32 Å². The summed E-state index contributed by atoms with van der Waals surface area (Å²) >= 11 is 0. The summed E-state index contributed by atoms with van der Waals surface area (Å²) < 4.78 is 27.9. The Balaban J connectivity index is 1.79. The molecule has 0 spiro atoms. The minimum atomic E-state index is -2.81. The maximum absolute atomic E-state index is 11.3. The van der Waals surface area contributed by atoms with E-state index in [1.807, 2.05) is 6.92 Å². The van der Waals surface area contributed by atoms with Crippen molar-refractivity contribution < 1.29 is 18.3 Å². The van der Waals surface area contributed by atoms with Gasteiger partial charge < -0.3 is 15.2 Å². The normalized spacial score (nSPS) is 38.4. The van der Waals surface area contributed by atoms with Crippen molar-refractivity contribution in [1.29, 1.82) is 0 Å². The van der Waals surface area contributed by atoms with E-state index in [0.717, 1.165) is 0 Å². The zero-order chi connectivity index (χ0) is 12.5. The Bertz CT molecular complexity index is 356. The molecular formula is C11H21NO4S. The Hall–Kier alpha value is -0.170. The molecule has 2 aliphatic heterocycles. The third kappa shape index (κ3) is 3.19. The molecule has 0 aromatic rings. The molecule has 0 aliphatic carbocycles. The molecule has 2 aliphatic rings. The first-order chi connectivity index (χ1) is 7.91. The van der Waals surface area contributed by atoms with Crippen molar-refractivity contribution in [2.45, 2.75) is 43.9 Å². The van der Waals surface area contributed by atoms with Crippen LogP contribution in [-0.4, -0.2) is 55.9 Å². The lowest BCUT2D eigenvalue weighted by Gasteiger charge is -2.30. The quantitative estimate of drug-likeness (QED) is 0.731. The monoisotopic (exact) mass is 263 g/mol. The minimum absolute atomic E-state index is 0.151. The Morgan fingerprint density at radius 2 is 2.06 bits per heavy atom. The van der Waals surface area contributed by atoms with Crippen LogP contribution in [0.3, 0.4) is 0 Å². The first-order valence-electron chi connectivity index (χ1n) is 6.19. The number of sulfone groups is 1. The standard InChI is InChI=1S/C11H21NO4S/c1-9-11(13,4-5-16-9)8-12-10-2-6-17(14,15)7-3-10/h9-10,12-13H,2-8H2,1H3. The maximum atomic E-state index is 11.3. The van der Waals surface area contributed by atoms with Crippen molar-refractivity contribution in [3.8, 4) is 0 Å². The molecule has 2 unspecified atom stereocenters. The van der Waals surface area contributed by atoms with Gasteiger partial charge in [-0.05, 0) is 19.8 Å². The van der Waals surface area contributed by atoms with E-state index < -0.39 is 15.4 Å². The summed E-state index contributed by atoms with van der Waals surface area (Å²) in [5, 5.41) is 13.6. The Kier molecular flexibility index (Phi) is 3.77. The van der Waals surface area contributed by atoms with Gasteiger partial charge in [0.2, 0.25) is 0 Å². The summed E-state index contributed by atoms with van der Waals surface area (Å²) in [7, 11) is -2.81. The van der Waals surface area contributed by atoms with E-state index in [9.17, 15) is 13.5 Å². The van der Waals surface area contributed by atoms with Crippen LogP contribution >= 0.6 is 0 Å². The number of hydrogen-bond donors (Lipinski definition) is 2. The van der Waals surface area contributed by atoms with Gasteiger partial charge in [-0.25, -0.2) is 8.42 Å². The van der Waals surface area contributed by atoms with Crippen molar-refractivity contribution >= 4 is 9.84 Å². The SMILES string of the molecule is CC1OCCC1(O)CNC1CCS(=O)(=O)CC1. The van der Waals surface area contributed by atoms with Crippen LogP contribution in [0.15, 0.2) is 0 Å². The van der Waals surface area contributed by atoms with E-state index in [2.05, 4.69) is 5.32 Å². The molecule has 0 saturated carbocycles. The fraction of sp³-hybridized carbons (Fsp3) is 1.00. The number of ether oxygens (including phenoxy) is 1. The van der Waals surface area contributed by atoms with Crippen LogP contribution in [0.1, 0.15) is 26.2 Å². The van der Waals surface area contributed by atoms with Crippen LogP contribution in [-0.2, 0) is 14.6 Å². The number of hydrogen-bond acceptors (Lipinski definition) is 5. The summed E-state index contributed by atoms with van der Waals surface area (Å²) in [4.78, 5) is 0. The molecule has 0 radical (unpaired) electrons. The van der Waals surface area contributed by atoms with Crippen molar-refractivity contribution in [2.24, 2.45) is 0 Å². The molecule has 100 valence electrons. The second-order valence-corrected chi connectivity index (χ2v) is 7.48. The third-order valence-corrected chi connectivity index (χ3v) is 5.63. The molecule has 0 amide bonds. The van der Waals surface area contributed by atoms with E-state index in [0.29, 0.717) is 32.4 Å². The first-order valence-corrected chi connectivity index (χ1v) is 8.01. The van der Waals surface area contributed by atoms with Gasteiger partial charge in [0, 0.05) is 25.6 Å². The molecule has 0 aromatic heterocycles. The van der Waals surface area contributed by atoms with Crippen LogP contribution in [0.4, 0.5) is 0 Å². The van der Waals surface area contributed by atoms with Crippen molar-refractivity contribution in [2.75, 3.05) is 24.7 Å². The van der Waals surface area contributed by atoms with Crippen molar-refractivity contribution in [3.63, 3.8) is 0 Å². The zero-order valence-electron chi connectivity index (χ0n) is 10.2. The highest BCUT2D eigenvalue weighted by atomic mass is 32.2. The van der Waals surface area contributed by atoms with Gasteiger partial charge in [-0.2, -0.15) is 0 Å². The molecule has 2 atom stereocenters. The van der Waals surface area contributed by atoms with Gasteiger partial charge in [0.05, 0.1) is 17.6 Å². The summed E-state index contributed by atoms with van der Waals surface area (Å²) in [5.41, 5.74) is -0.795. The van der Waals surface area contributed by atoms with Crippen molar-refractivity contribution in [1.82, 2.24) is 5.32 Å². The zero-order valence-corrected chi connectivity index (χ0v) is 11.0. The second kappa shape index (κ2) is 4.84. The van der Waals surface area contributed by atoms with Gasteiger partial charge in [-0.3, -0.25) is 0 Å². The van der Waals surface area contributed by atoms with E-state index in [4.69, 9.17) is 4.74 Å². The molecule has 2 N–H and O–H groups in total. The molecule has 2 rings (SSSR count). The highest BCUT2D eigenvalue weighted by Crippen LogP contribution is 2.25. The highest BCUT2D eigenvalue weighted by molar-refractivity contribution is 7.91. The van der Waals surface area contributed by atoms with E-state index in [1.54, 1.807) is 0 Å². The molecule has 2 saturated heterocycles. The molecular weight excluding hydrogens is 242 g/mol. The fourth-order valence-corrected chi connectivity index (χ4v) is 3.91. The van der Waals surface area contributed by atoms with E-state index >= 15 is 0 Å². The lowest BCUT2D eigenvalue weighted by atomic mass is 9.96. The maximum Gasteiger partial charge on any atom is 0.150 e. The Morgan fingerprint density at radius 3 is 2.59 bits per heavy atom. The van der Waals surface area contributed by atoms with Gasteiger partial charge >= 0.3 is 0 Å². The van der Waals surface area contributed by atoms with Crippen molar-refractivity contribution in [3.05, 3.63) is 0 Å². The van der Waals surface area contributed by atoms with Crippen LogP contribution in [0.5, 0.6) is 0 Å². The smallest absolute Gasteiger partial charge is 0.150 e. The number of rotatable bonds is 3. The van der Waals surface area contributed by atoms with Gasteiger partial charge in [-0.1, -0.05) is 0 Å². The molecule has 5 nitrogen and oxygen atoms in total. The average molecular weight is 263 g/mol. The summed E-state index contributed by atoms with van der Waals surface area (Å²) in [6, 6.07) is 0.204.